The zero-order chi connectivity index (χ0) is 26.0. The van der Waals surface area contributed by atoms with E-state index in [1.807, 2.05) is 0 Å². The number of benzene rings is 1. The van der Waals surface area contributed by atoms with E-state index in [4.69, 9.17) is 21.1 Å². The number of likely N-dealkylation sites (tertiary alicyclic amines) is 1. The Hall–Kier alpha value is -3.14. The average Bonchev–Trinajstić information content (AvgIpc) is 3.31. The number of morpholine rings is 1. The molecule has 9 nitrogen and oxygen atoms in total. The monoisotopic (exact) mass is 515 g/mol. The number of hydrogen-bond acceptors (Lipinski definition) is 6. The first kappa shape index (κ1) is 25.9. The highest BCUT2D eigenvalue weighted by atomic mass is 35.5. The Labute approximate surface area is 214 Å². The minimum atomic E-state index is -0.843. The number of Topliss-reactive ketones (excluding diaryl/α,β-unsaturated/α-hetero) is 1. The zero-order valence-corrected chi connectivity index (χ0v) is 21.4. The van der Waals surface area contributed by atoms with Gasteiger partial charge in [0, 0.05) is 29.3 Å². The van der Waals surface area contributed by atoms with Crippen LogP contribution >= 0.6 is 11.6 Å². The number of quaternary nitrogens is 1. The molecule has 3 heterocycles. The summed E-state index contributed by atoms with van der Waals surface area (Å²) < 4.78 is 10.2. The summed E-state index contributed by atoms with van der Waals surface area (Å²) >= 11 is 6.08. The second-order valence-electron chi connectivity index (χ2n) is 9.11. The van der Waals surface area contributed by atoms with Crippen molar-refractivity contribution in [3.63, 3.8) is 0 Å². The van der Waals surface area contributed by atoms with Crippen LogP contribution in [0.2, 0.25) is 5.02 Å². The predicted octanol–water partition coefficient (Wildman–Crippen LogP) is 0.601. The Kier molecular flexibility index (Phi) is 7.82. The number of nitrogens with zero attached hydrogens (tertiary/aromatic N) is 1. The molecule has 0 bridgehead atoms. The lowest BCUT2D eigenvalue weighted by Gasteiger charge is -2.29. The molecule has 2 saturated heterocycles. The van der Waals surface area contributed by atoms with Gasteiger partial charge in [0.25, 0.3) is 5.91 Å². The van der Waals surface area contributed by atoms with Gasteiger partial charge in [-0.05, 0) is 42.7 Å². The summed E-state index contributed by atoms with van der Waals surface area (Å²) in [5, 5.41) is 14.3. The molecule has 0 aliphatic carbocycles. The molecule has 0 spiro atoms. The first-order valence-corrected chi connectivity index (χ1v) is 12.3. The quantitative estimate of drug-likeness (QED) is 0.241. The van der Waals surface area contributed by atoms with Crippen LogP contribution in [0.3, 0.4) is 0 Å². The van der Waals surface area contributed by atoms with Gasteiger partial charge in [0.05, 0.1) is 32.9 Å². The van der Waals surface area contributed by atoms with Crippen molar-refractivity contribution in [2.75, 3.05) is 46.5 Å². The van der Waals surface area contributed by atoms with E-state index in [1.54, 1.807) is 38.1 Å². The topological polar surface area (TPSA) is 116 Å². The molecule has 2 fully saturated rings. The second-order valence-corrected chi connectivity index (χ2v) is 9.54. The third-order valence-corrected chi connectivity index (χ3v) is 7.15. The fourth-order valence-corrected chi connectivity index (χ4v) is 5.16. The summed E-state index contributed by atoms with van der Waals surface area (Å²) in [4.78, 5) is 44.4. The first-order valence-electron chi connectivity index (χ1n) is 12.0. The van der Waals surface area contributed by atoms with Crippen molar-refractivity contribution in [2.45, 2.75) is 26.3 Å². The fraction of sp³-hybridized carbons (Fsp3) is 0.423. The number of H-pyrrole nitrogens is 1. The molecule has 36 heavy (non-hydrogen) atoms. The van der Waals surface area contributed by atoms with Crippen molar-refractivity contribution >= 4 is 35.0 Å². The molecule has 2 aromatic rings. The molecule has 1 amide bonds. The van der Waals surface area contributed by atoms with E-state index in [1.165, 1.54) is 16.9 Å². The molecule has 192 valence electrons. The summed E-state index contributed by atoms with van der Waals surface area (Å²) in [7, 11) is 1.25. The van der Waals surface area contributed by atoms with E-state index in [0.717, 1.165) is 19.6 Å². The molecule has 2 aliphatic heterocycles. The first-order chi connectivity index (χ1) is 17.2. The normalized spacial score (nSPS) is 20.2. The number of methoxy groups -OCH3 is 1. The van der Waals surface area contributed by atoms with Gasteiger partial charge in [-0.2, -0.15) is 0 Å². The molecule has 2 N–H and O–H groups in total. The smallest absolute Gasteiger partial charge is 0.354 e. The second kappa shape index (κ2) is 10.9. The molecule has 1 aromatic carbocycles. The molecule has 0 radical (unpaired) electrons. The number of halogens is 1. The summed E-state index contributed by atoms with van der Waals surface area (Å²) in [5.41, 5.74) is 1.65. The molecule has 0 saturated carbocycles. The number of aromatic nitrogens is 1. The van der Waals surface area contributed by atoms with Gasteiger partial charge in [0.15, 0.2) is 0 Å². The van der Waals surface area contributed by atoms with Crippen molar-refractivity contribution < 1.29 is 33.9 Å². The van der Waals surface area contributed by atoms with E-state index < -0.39 is 29.5 Å². The molecule has 4 rings (SSSR count). The number of aromatic amines is 1. The van der Waals surface area contributed by atoms with Crippen molar-refractivity contribution in [3.05, 3.63) is 62.9 Å². The third-order valence-electron chi connectivity index (χ3n) is 6.90. The summed E-state index contributed by atoms with van der Waals surface area (Å²) in [6.07, 6.45) is 0.675. The largest absolute Gasteiger partial charge is 0.872 e. The van der Waals surface area contributed by atoms with Crippen LogP contribution in [0.25, 0.3) is 5.76 Å². The highest BCUT2D eigenvalue weighted by Crippen LogP contribution is 2.40. The number of ketones is 1. The highest BCUT2D eigenvalue weighted by molar-refractivity contribution is 6.46. The number of amides is 1. The number of carbonyl (C=O) groups is 3. The van der Waals surface area contributed by atoms with E-state index in [9.17, 15) is 19.5 Å². The Morgan fingerprint density at radius 1 is 1.22 bits per heavy atom. The lowest BCUT2D eigenvalue weighted by Crippen LogP contribution is -3.14. The molecule has 1 unspecified atom stereocenters. The van der Waals surface area contributed by atoms with E-state index in [-0.39, 0.29) is 16.8 Å². The Bertz CT molecular complexity index is 1200. The molecule has 2 aliphatic rings. The number of hydrogen-bond donors (Lipinski definition) is 2. The van der Waals surface area contributed by atoms with Gasteiger partial charge in [-0.25, -0.2) is 4.79 Å². The third kappa shape index (κ3) is 4.91. The SMILES string of the molecule is COC(=O)c1[nH]c(C)c(C([O-])=C2C(=O)C(=O)N(CCC[NH+]3CCOCC3)C2c2ccc(Cl)cc2)c1C. The molecular formula is C26H30ClN3O6. The van der Waals surface area contributed by atoms with Crippen LogP contribution in [0, 0.1) is 13.8 Å². The van der Waals surface area contributed by atoms with Gasteiger partial charge >= 0.3 is 5.97 Å². The Balaban J connectivity index is 1.74. The number of esters is 1. The summed E-state index contributed by atoms with van der Waals surface area (Å²) in [6.45, 7) is 7.64. The predicted molar refractivity (Wildman–Crippen MR) is 130 cm³/mol. The van der Waals surface area contributed by atoms with Crippen LogP contribution in [0.5, 0.6) is 0 Å². The van der Waals surface area contributed by atoms with Crippen molar-refractivity contribution in [2.24, 2.45) is 0 Å². The molecule has 10 heteroatoms. The van der Waals surface area contributed by atoms with Gasteiger partial charge in [-0.3, -0.25) is 9.59 Å². The van der Waals surface area contributed by atoms with E-state index in [2.05, 4.69) is 4.98 Å². The van der Waals surface area contributed by atoms with Gasteiger partial charge in [-0.15, -0.1) is 0 Å². The van der Waals surface area contributed by atoms with Crippen LogP contribution in [0.4, 0.5) is 0 Å². The zero-order valence-electron chi connectivity index (χ0n) is 20.6. The maximum Gasteiger partial charge on any atom is 0.354 e. The summed E-state index contributed by atoms with van der Waals surface area (Å²) in [5.74, 6) is -2.71. The average molecular weight is 516 g/mol. The highest BCUT2D eigenvalue weighted by Gasteiger charge is 2.44. The van der Waals surface area contributed by atoms with Crippen LogP contribution in [0.1, 0.15) is 45.3 Å². The fourth-order valence-electron chi connectivity index (χ4n) is 5.03. The van der Waals surface area contributed by atoms with Gasteiger partial charge < -0.3 is 29.4 Å². The number of carbonyl (C=O) groups excluding carboxylic acids is 3. The van der Waals surface area contributed by atoms with Crippen LogP contribution in [-0.4, -0.2) is 74.0 Å². The maximum absolute atomic E-state index is 13.8. The van der Waals surface area contributed by atoms with Crippen LogP contribution in [0.15, 0.2) is 29.8 Å². The van der Waals surface area contributed by atoms with Crippen LogP contribution in [-0.2, 0) is 19.1 Å². The lowest BCUT2D eigenvalue weighted by atomic mass is 9.94. The van der Waals surface area contributed by atoms with Crippen molar-refractivity contribution in [3.8, 4) is 0 Å². The molecule has 1 atom stereocenters. The minimum absolute atomic E-state index is 0.123. The standard InChI is InChI=1S/C26H30ClN3O6/c1-15-19(16(2)28-21(15)26(34)35-3)23(31)20-22(17-5-7-18(27)8-6-17)30(25(33)24(20)32)10-4-9-29-11-13-36-14-12-29/h5-8,22,28,31H,4,9-14H2,1-3H3. The van der Waals surface area contributed by atoms with Crippen LogP contribution < -0.4 is 10.0 Å². The Morgan fingerprint density at radius 2 is 1.89 bits per heavy atom. The number of ether oxygens (including phenoxy) is 2. The Morgan fingerprint density at radius 3 is 2.53 bits per heavy atom. The summed E-state index contributed by atoms with van der Waals surface area (Å²) in [6, 6.07) is 5.95. The van der Waals surface area contributed by atoms with Gasteiger partial charge in [0.1, 0.15) is 18.8 Å². The van der Waals surface area contributed by atoms with Crippen molar-refractivity contribution in [1.82, 2.24) is 9.88 Å². The number of nitrogens with one attached hydrogen (secondary N) is 2. The maximum atomic E-state index is 13.8. The van der Waals surface area contributed by atoms with Gasteiger partial charge in [0.2, 0.25) is 5.78 Å². The lowest BCUT2D eigenvalue weighted by molar-refractivity contribution is -0.908. The van der Waals surface area contributed by atoms with E-state index in [0.29, 0.717) is 48.0 Å². The molecule has 1 aromatic heterocycles. The number of aryl methyl sites for hydroxylation is 1. The molecular weight excluding hydrogens is 486 g/mol. The van der Waals surface area contributed by atoms with E-state index >= 15 is 0 Å². The van der Waals surface area contributed by atoms with Gasteiger partial charge in [-0.1, -0.05) is 29.5 Å². The number of rotatable bonds is 7. The van der Waals surface area contributed by atoms with Crippen molar-refractivity contribution in [1.29, 1.82) is 0 Å². The minimum Gasteiger partial charge on any atom is -0.872 e.